The van der Waals surface area contributed by atoms with E-state index in [4.69, 9.17) is 0 Å². The number of rotatable bonds is 4. The lowest BCUT2D eigenvalue weighted by Gasteiger charge is -2.17. The second-order valence-corrected chi connectivity index (χ2v) is 4.78. The number of nitrogens with zero attached hydrogens (tertiary/aromatic N) is 1. The number of benzene rings is 1. The van der Waals surface area contributed by atoms with Crippen molar-refractivity contribution in [2.45, 2.75) is 38.8 Å². The van der Waals surface area contributed by atoms with E-state index in [1.165, 1.54) is 19.3 Å². The van der Waals surface area contributed by atoms with Crippen molar-refractivity contribution >= 4 is 5.69 Å². The minimum absolute atomic E-state index is 0.214. The predicted molar refractivity (Wildman–Crippen MR) is 66.7 cm³/mol. The summed E-state index contributed by atoms with van der Waals surface area (Å²) in [7, 11) is 0. The van der Waals surface area contributed by atoms with Crippen molar-refractivity contribution in [1.82, 2.24) is 5.32 Å². The van der Waals surface area contributed by atoms with Crippen molar-refractivity contribution in [3.63, 3.8) is 0 Å². The first kappa shape index (κ1) is 12.0. The molecule has 0 aliphatic heterocycles. The van der Waals surface area contributed by atoms with Crippen molar-refractivity contribution in [2.24, 2.45) is 5.92 Å². The Morgan fingerprint density at radius 3 is 2.82 bits per heavy atom. The van der Waals surface area contributed by atoms with E-state index in [2.05, 4.69) is 12.2 Å². The van der Waals surface area contributed by atoms with Crippen LogP contribution in [0.2, 0.25) is 0 Å². The fraction of sp³-hybridized carbons (Fsp3) is 0.538. The average Bonchev–Trinajstić information content (AvgIpc) is 2.72. The number of hydrogen-bond donors (Lipinski definition) is 1. The molecule has 4 nitrogen and oxygen atoms in total. The van der Waals surface area contributed by atoms with Crippen LogP contribution in [0.4, 0.5) is 5.69 Å². The molecular weight excluding hydrogens is 216 g/mol. The van der Waals surface area contributed by atoms with Gasteiger partial charge in [0.15, 0.2) is 0 Å². The number of nitro benzene ring substituents is 1. The largest absolute Gasteiger partial charge is 0.309 e. The smallest absolute Gasteiger partial charge is 0.273 e. The molecule has 1 aromatic rings. The predicted octanol–water partition coefficient (Wildman–Crippen LogP) is 2.87. The maximum absolute atomic E-state index is 10.9. The first-order valence-electron chi connectivity index (χ1n) is 6.14. The molecule has 1 fully saturated rings. The lowest BCUT2D eigenvalue weighted by Crippen LogP contribution is -2.30. The van der Waals surface area contributed by atoms with E-state index in [0.717, 1.165) is 5.56 Å². The first-order valence-corrected chi connectivity index (χ1v) is 6.14. The Balaban J connectivity index is 2.01. The van der Waals surface area contributed by atoms with Gasteiger partial charge in [0.05, 0.1) is 4.92 Å². The van der Waals surface area contributed by atoms with Gasteiger partial charge < -0.3 is 5.32 Å². The molecule has 0 radical (unpaired) electrons. The molecule has 0 spiro atoms. The third kappa shape index (κ3) is 2.82. The maximum Gasteiger partial charge on any atom is 0.273 e. The monoisotopic (exact) mass is 234 g/mol. The molecule has 0 bridgehead atoms. The third-order valence-corrected chi connectivity index (χ3v) is 3.60. The van der Waals surface area contributed by atoms with E-state index in [1.807, 2.05) is 12.1 Å². The summed E-state index contributed by atoms with van der Waals surface area (Å²) in [4.78, 5) is 10.5. The van der Waals surface area contributed by atoms with Gasteiger partial charge in [-0.25, -0.2) is 0 Å². The highest BCUT2D eigenvalue weighted by atomic mass is 16.6. The van der Waals surface area contributed by atoms with Crippen molar-refractivity contribution in [1.29, 1.82) is 0 Å². The van der Waals surface area contributed by atoms with Crippen molar-refractivity contribution < 1.29 is 4.92 Å². The highest BCUT2D eigenvalue weighted by molar-refractivity contribution is 5.39. The summed E-state index contributed by atoms with van der Waals surface area (Å²) in [5.74, 6) is 0.678. The van der Waals surface area contributed by atoms with Crippen LogP contribution < -0.4 is 5.32 Å². The summed E-state index contributed by atoms with van der Waals surface area (Å²) in [6.45, 7) is 2.83. The average molecular weight is 234 g/mol. The van der Waals surface area contributed by atoms with Crippen LogP contribution >= 0.6 is 0 Å². The van der Waals surface area contributed by atoms with Crippen LogP contribution in [0.1, 0.15) is 31.7 Å². The number of nitrogens with one attached hydrogen (secondary N) is 1. The van der Waals surface area contributed by atoms with E-state index >= 15 is 0 Å². The molecule has 92 valence electrons. The van der Waals surface area contributed by atoms with Gasteiger partial charge in [-0.15, -0.1) is 0 Å². The second-order valence-electron chi connectivity index (χ2n) is 4.78. The van der Waals surface area contributed by atoms with Gasteiger partial charge in [-0.05, 0) is 18.8 Å². The molecule has 0 saturated heterocycles. The van der Waals surface area contributed by atoms with Gasteiger partial charge in [-0.3, -0.25) is 10.1 Å². The van der Waals surface area contributed by atoms with Crippen LogP contribution in [0.3, 0.4) is 0 Å². The Bertz CT molecular complexity index is 406. The molecule has 17 heavy (non-hydrogen) atoms. The lowest BCUT2D eigenvalue weighted by molar-refractivity contribution is -0.385. The van der Waals surface area contributed by atoms with E-state index in [-0.39, 0.29) is 10.6 Å². The van der Waals surface area contributed by atoms with Gasteiger partial charge in [0.25, 0.3) is 5.69 Å². The van der Waals surface area contributed by atoms with Gasteiger partial charge >= 0.3 is 0 Å². The van der Waals surface area contributed by atoms with Crippen LogP contribution in [0.25, 0.3) is 0 Å². The van der Waals surface area contributed by atoms with Crippen LogP contribution in [-0.4, -0.2) is 11.0 Å². The molecule has 1 aliphatic rings. The van der Waals surface area contributed by atoms with Gasteiger partial charge in [0.1, 0.15) is 0 Å². The van der Waals surface area contributed by atoms with Crippen LogP contribution in [-0.2, 0) is 6.54 Å². The molecule has 1 aliphatic carbocycles. The van der Waals surface area contributed by atoms with Crippen LogP contribution in [0, 0.1) is 16.0 Å². The molecule has 2 unspecified atom stereocenters. The van der Waals surface area contributed by atoms with E-state index in [1.54, 1.807) is 12.1 Å². The highest BCUT2D eigenvalue weighted by Crippen LogP contribution is 2.26. The van der Waals surface area contributed by atoms with Gasteiger partial charge in [-0.1, -0.05) is 31.5 Å². The Kier molecular flexibility index (Phi) is 3.74. The summed E-state index contributed by atoms with van der Waals surface area (Å²) in [5.41, 5.74) is 0.988. The lowest BCUT2D eigenvalue weighted by atomic mass is 10.1. The zero-order valence-corrected chi connectivity index (χ0v) is 10.1. The SMILES string of the molecule is CC1CCCC1NCc1ccccc1[N+](=O)[O-]. The molecule has 1 saturated carbocycles. The third-order valence-electron chi connectivity index (χ3n) is 3.60. The quantitative estimate of drug-likeness (QED) is 0.643. The molecule has 2 atom stereocenters. The molecule has 2 rings (SSSR count). The van der Waals surface area contributed by atoms with Gasteiger partial charge in [0.2, 0.25) is 0 Å². The van der Waals surface area contributed by atoms with Gasteiger partial charge in [-0.2, -0.15) is 0 Å². The first-order chi connectivity index (χ1) is 8.18. The summed E-state index contributed by atoms with van der Waals surface area (Å²) in [6, 6.07) is 7.46. The second kappa shape index (κ2) is 5.27. The van der Waals surface area contributed by atoms with E-state index in [0.29, 0.717) is 18.5 Å². The van der Waals surface area contributed by atoms with Gasteiger partial charge in [0, 0.05) is 24.2 Å². The van der Waals surface area contributed by atoms with Crippen molar-refractivity contribution in [3.05, 3.63) is 39.9 Å². The summed E-state index contributed by atoms with van der Waals surface area (Å²) in [5, 5.41) is 14.3. The van der Waals surface area contributed by atoms with Crippen LogP contribution in [0.15, 0.2) is 24.3 Å². The topological polar surface area (TPSA) is 55.2 Å². The molecule has 1 aromatic carbocycles. The minimum atomic E-state index is -0.310. The molecule has 4 heteroatoms. The summed E-state index contributed by atoms with van der Waals surface area (Å²) < 4.78 is 0. The molecular formula is C13H18N2O2. The van der Waals surface area contributed by atoms with Crippen LogP contribution in [0.5, 0.6) is 0 Å². The Labute approximate surface area is 101 Å². The number of hydrogen-bond acceptors (Lipinski definition) is 3. The molecule has 0 heterocycles. The van der Waals surface area contributed by atoms with Crippen molar-refractivity contribution in [2.75, 3.05) is 0 Å². The molecule has 0 aromatic heterocycles. The Morgan fingerprint density at radius 2 is 2.18 bits per heavy atom. The fourth-order valence-electron chi connectivity index (χ4n) is 2.53. The highest BCUT2D eigenvalue weighted by Gasteiger charge is 2.23. The maximum atomic E-state index is 10.9. The zero-order chi connectivity index (χ0) is 12.3. The number of para-hydroxylation sites is 1. The standard InChI is InChI=1S/C13H18N2O2/c1-10-5-4-7-12(10)14-9-11-6-2-3-8-13(11)15(16)17/h2-3,6,8,10,12,14H,4-5,7,9H2,1H3. The fourth-order valence-corrected chi connectivity index (χ4v) is 2.53. The number of nitro groups is 1. The summed E-state index contributed by atoms with van der Waals surface area (Å²) in [6.07, 6.45) is 3.70. The van der Waals surface area contributed by atoms with E-state index in [9.17, 15) is 10.1 Å². The minimum Gasteiger partial charge on any atom is -0.309 e. The normalized spacial score (nSPS) is 23.8. The Hall–Kier alpha value is -1.42. The van der Waals surface area contributed by atoms with E-state index < -0.39 is 0 Å². The molecule has 1 N–H and O–H groups in total. The Morgan fingerprint density at radius 1 is 1.41 bits per heavy atom. The zero-order valence-electron chi connectivity index (χ0n) is 10.1. The molecule has 0 amide bonds. The summed E-state index contributed by atoms with van der Waals surface area (Å²) >= 11 is 0. The van der Waals surface area contributed by atoms with Crippen molar-refractivity contribution in [3.8, 4) is 0 Å².